The molecule has 0 aliphatic carbocycles. The number of hydrogen-bond acceptors (Lipinski definition) is 6. The minimum Gasteiger partial charge on any atom is -0.462 e. The summed E-state index contributed by atoms with van der Waals surface area (Å²) in [4.78, 5) is 38.1. The summed E-state index contributed by atoms with van der Waals surface area (Å²) in [6, 6.07) is 0. The summed E-state index contributed by atoms with van der Waals surface area (Å²) >= 11 is 0. The Morgan fingerprint density at radius 1 is 0.280 bits per heavy atom. The molecule has 0 aromatic carbocycles. The third-order valence-corrected chi connectivity index (χ3v) is 13.9. The van der Waals surface area contributed by atoms with Crippen molar-refractivity contribution in [2.24, 2.45) is 0 Å². The van der Waals surface area contributed by atoms with Crippen molar-refractivity contribution in [1.82, 2.24) is 0 Å². The van der Waals surface area contributed by atoms with Crippen LogP contribution in [-0.4, -0.2) is 37.2 Å². The molecule has 75 heavy (non-hydrogen) atoms. The monoisotopic (exact) mass is 1040 g/mol. The lowest BCUT2D eigenvalue weighted by Crippen LogP contribution is -2.30. The van der Waals surface area contributed by atoms with Crippen LogP contribution in [0.5, 0.6) is 0 Å². The molecule has 0 amide bonds. The molecule has 6 heteroatoms. The number of carbonyl (C=O) groups excluding carboxylic acids is 3. The fraction of sp³-hybridized carbons (Fsp3) is 0.754. The number of esters is 3. The highest BCUT2D eigenvalue weighted by Crippen LogP contribution is 2.17. The molecule has 1 atom stereocenters. The van der Waals surface area contributed by atoms with Gasteiger partial charge in [0.25, 0.3) is 0 Å². The van der Waals surface area contributed by atoms with E-state index < -0.39 is 12.1 Å². The second-order valence-electron chi connectivity index (χ2n) is 21.3. The van der Waals surface area contributed by atoms with Gasteiger partial charge in [-0.05, 0) is 77.0 Å². The molecule has 0 aliphatic rings. The van der Waals surface area contributed by atoms with E-state index in [4.69, 9.17) is 14.2 Å². The Morgan fingerprint density at radius 2 is 0.573 bits per heavy atom. The molecule has 1 unspecified atom stereocenters. The zero-order valence-corrected chi connectivity index (χ0v) is 49.6. The van der Waals surface area contributed by atoms with Gasteiger partial charge in [-0.15, -0.1) is 0 Å². The fourth-order valence-corrected chi connectivity index (χ4v) is 9.12. The maximum Gasteiger partial charge on any atom is 0.306 e. The molecule has 0 heterocycles. The second-order valence-corrected chi connectivity index (χ2v) is 21.3. The van der Waals surface area contributed by atoms with Crippen LogP contribution < -0.4 is 0 Å². The largest absolute Gasteiger partial charge is 0.462 e. The summed E-state index contributed by atoms with van der Waals surface area (Å²) < 4.78 is 16.8. The van der Waals surface area contributed by atoms with Crippen LogP contribution in [0.3, 0.4) is 0 Å². The van der Waals surface area contributed by atoms with Gasteiger partial charge in [0.1, 0.15) is 13.2 Å². The van der Waals surface area contributed by atoms with Crippen molar-refractivity contribution in [2.75, 3.05) is 13.2 Å². The molecule has 0 saturated heterocycles. The first-order valence-corrected chi connectivity index (χ1v) is 32.1. The van der Waals surface area contributed by atoms with Crippen LogP contribution in [0.1, 0.15) is 316 Å². The lowest BCUT2D eigenvalue weighted by molar-refractivity contribution is -0.166. The molecule has 0 rings (SSSR count). The van der Waals surface area contributed by atoms with E-state index >= 15 is 0 Å². The van der Waals surface area contributed by atoms with E-state index in [1.54, 1.807) is 0 Å². The van der Waals surface area contributed by atoms with Crippen molar-refractivity contribution in [1.29, 1.82) is 0 Å². The third kappa shape index (κ3) is 61.3. The highest BCUT2D eigenvalue weighted by Gasteiger charge is 2.19. The summed E-state index contributed by atoms with van der Waals surface area (Å²) in [6.07, 6.45) is 83.5. The number of ether oxygens (including phenoxy) is 3. The molecule has 0 aromatic rings. The van der Waals surface area contributed by atoms with Gasteiger partial charge in [-0.3, -0.25) is 14.4 Å². The predicted octanol–water partition coefficient (Wildman–Crippen LogP) is 21.9. The normalized spacial score (nSPS) is 12.6. The van der Waals surface area contributed by atoms with E-state index in [-0.39, 0.29) is 31.6 Å². The molecule has 0 saturated carbocycles. The average molecular weight is 1050 g/mol. The average Bonchev–Trinajstić information content (AvgIpc) is 3.41. The standard InChI is InChI=1S/C69H120O6/c1-4-7-10-13-16-19-22-24-26-28-30-31-32-33-34-35-36-37-38-40-41-43-45-47-50-53-56-59-62-68(71)74-65-66(64-73-67(70)61-58-55-52-49-21-18-15-12-9-6-3)75-69(72)63-60-57-54-51-48-46-44-42-39-29-27-25-23-20-17-14-11-8-5-2/h8,11-12,15,17,20,25,27,39,42,46,48,54,57,66H,4-7,9-10,13-14,16,18-19,21-24,26,28-38,40-41,43-45,47,49-53,55-56,58-65H2,1-3H3/b11-8-,15-12-,20-17-,27-25-,42-39-,48-46-,57-54-. The first-order valence-electron chi connectivity index (χ1n) is 32.1. The number of carbonyl (C=O) groups is 3. The topological polar surface area (TPSA) is 78.9 Å². The molecule has 0 spiro atoms. The van der Waals surface area contributed by atoms with Gasteiger partial charge in [0.15, 0.2) is 6.10 Å². The molecule has 0 aromatic heterocycles. The van der Waals surface area contributed by atoms with Gasteiger partial charge in [-0.1, -0.05) is 305 Å². The Kier molecular flexibility index (Phi) is 60.3. The minimum absolute atomic E-state index is 0.107. The Hall–Kier alpha value is -3.41. The van der Waals surface area contributed by atoms with Crippen molar-refractivity contribution >= 4 is 17.9 Å². The van der Waals surface area contributed by atoms with Crippen LogP contribution in [-0.2, 0) is 28.6 Å². The van der Waals surface area contributed by atoms with Gasteiger partial charge < -0.3 is 14.2 Å². The third-order valence-electron chi connectivity index (χ3n) is 13.9. The van der Waals surface area contributed by atoms with Crippen molar-refractivity contribution in [2.45, 2.75) is 322 Å². The maximum atomic E-state index is 12.8. The highest BCUT2D eigenvalue weighted by atomic mass is 16.6. The van der Waals surface area contributed by atoms with Crippen LogP contribution in [0.15, 0.2) is 85.1 Å². The SMILES string of the molecule is CC/C=C\C/C=C\C/C=C\C/C=C\C/C=C\C/C=C\CCC(=O)OC(COC(=O)CCCCCCC/C=C\CCC)COC(=O)CCCCCCCCCCCCCCCCCCCCCCCCCCCCCC. The predicted molar refractivity (Wildman–Crippen MR) is 325 cm³/mol. The number of hydrogen-bond donors (Lipinski definition) is 0. The van der Waals surface area contributed by atoms with E-state index in [0.717, 1.165) is 96.3 Å². The van der Waals surface area contributed by atoms with Gasteiger partial charge in [-0.25, -0.2) is 0 Å². The quantitative estimate of drug-likeness (QED) is 0.0261. The van der Waals surface area contributed by atoms with Crippen molar-refractivity contribution < 1.29 is 28.6 Å². The van der Waals surface area contributed by atoms with E-state index in [2.05, 4.69) is 99.8 Å². The lowest BCUT2D eigenvalue weighted by Gasteiger charge is -2.18. The van der Waals surface area contributed by atoms with Crippen LogP contribution in [0.25, 0.3) is 0 Å². The smallest absolute Gasteiger partial charge is 0.306 e. The van der Waals surface area contributed by atoms with Gasteiger partial charge >= 0.3 is 17.9 Å². The fourth-order valence-electron chi connectivity index (χ4n) is 9.12. The Labute approximate surface area is 465 Å². The number of unbranched alkanes of at least 4 members (excludes halogenated alkanes) is 33. The molecule has 0 aliphatic heterocycles. The van der Waals surface area contributed by atoms with Crippen LogP contribution in [0, 0.1) is 0 Å². The van der Waals surface area contributed by atoms with Gasteiger partial charge in [0, 0.05) is 19.3 Å². The summed E-state index contributed by atoms with van der Waals surface area (Å²) in [5, 5.41) is 0. The van der Waals surface area contributed by atoms with Crippen molar-refractivity contribution in [3.8, 4) is 0 Å². The van der Waals surface area contributed by atoms with E-state index in [1.807, 2.05) is 6.08 Å². The first-order chi connectivity index (χ1) is 37.0. The van der Waals surface area contributed by atoms with Gasteiger partial charge in [0.05, 0.1) is 0 Å². The summed E-state index contributed by atoms with van der Waals surface area (Å²) in [7, 11) is 0. The van der Waals surface area contributed by atoms with E-state index in [0.29, 0.717) is 19.3 Å². The molecule has 0 N–H and O–H groups in total. The second kappa shape index (κ2) is 63.1. The summed E-state index contributed by atoms with van der Waals surface area (Å²) in [6.45, 7) is 6.43. The van der Waals surface area contributed by atoms with Crippen LogP contribution in [0.2, 0.25) is 0 Å². The van der Waals surface area contributed by atoms with E-state index in [9.17, 15) is 14.4 Å². The molecule has 0 radical (unpaired) electrons. The minimum atomic E-state index is -0.819. The molecular weight excluding hydrogens is 925 g/mol. The molecule has 6 nitrogen and oxygen atoms in total. The Balaban J connectivity index is 4.24. The summed E-state index contributed by atoms with van der Waals surface area (Å²) in [5.41, 5.74) is 0. The zero-order valence-electron chi connectivity index (χ0n) is 49.6. The Bertz CT molecular complexity index is 1430. The van der Waals surface area contributed by atoms with Crippen LogP contribution in [0.4, 0.5) is 0 Å². The Morgan fingerprint density at radius 3 is 0.920 bits per heavy atom. The number of allylic oxidation sites excluding steroid dienone is 14. The first kappa shape index (κ1) is 71.6. The maximum absolute atomic E-state index is 12.8. The van der Waals surface area contributed by atoms with Crippen LogP contribution >= 0.6 is 0 Å². The zero-order chi connectivity index (χ0) is 54.3. The molecule has 0 bridgehead atoms. The van der Waals surface area contributed by atoms with Gasteiger partial charge in [-0.2, -0.15) is 0 Å². The molecule has 432 valence electrons. The summed E-state index contributed by atoms with van der Waals surface area (Å²) in [5.74, 6) is -0.994. The molecule has 0 fully saturated rings. The van der Waals surface area contributed by atoms with Crippen molar-refractivity contribution in [3.05, 3.63) is 85.1 Å². The highest BCUT2D eigenvalue weighted by molar-refractivity contribution is 5.71. The number of rotatable bonds is 58. The van der Waals surface area contributed by atoms with Gasteiger partial charge in [0.2, 0.25) is 0 Å². The van der Waals surface area contributed by atoms with Crippen molar-refractivity contribution in [3.63, 3.8) is 0 Å². The lowest BCUT2D eigenvalue weighted by atomic mass is 10.0. The molecular formula is C69H120O6. The van der Waals surface area contributed by atoms with E-state index in [1.165, 1.54) is 173 Å².